The fourth-order valence-corrected chi connectivity index (χ4v) is 4.23. The number of primary amides is 1. The predicted octanol–water partition coefficient (Wildman–Crippen LogP) is 4.31. The highest BCUT2D eigenvalue weighted by atomic mass is 19.1. The molecule has 0 atom stereocenters. The van der Waals surface area contributed by atoms with Crippen molar-refractivity contribution >= 4 is 29.0 Å². The molecule has 1 saturated carbocycles. The molecule has 1 aliphatic heterocycles. The molecule has 1 aliphatic carbocycles. The van der Waals surface area contributed by atoms with E-state index in [1.807, 2.05) is 25.8 Å². The van der Waals surface area contributed by atoms with Crippen LogP contribution >= 0.6 is 0 Å². The van der Waals surface area contributed by atoms with Crippen molar-refractivity contribution in [3.63, 3.8) is 0 Å². The molecule has 0 radical (unpaired) electrons. The average Bonchev–Trinajstić information content (AvgIpc) is 3.00. The van der Waals surface area contributed by atoms with Gasteiger partial charge in [-0.2, -0.15) is 10.2 Å². The number of hydrogen-bond acceptors (Lipinski definition) is 8. The zero-order chi connectivity index (χ0) is 24.8. The number of benzene rings is 1. The fraction of sp³-hybridized carbons (Fsp3) is 0.500. The van der Waals surface area contributed by atoms with Gasteiger partial charge in [-0.3, -0.25) is 4.79 Å². The summed E-state index contributed by atoms with van der Waals surface area (Å²) < 4.78 is 20.1. The molecule has 2 heterocycles. The SMILES string of the molecule is CC.Cc1cc(C(N)=O)c(F)cc1Nc1ncc2c(n1)N(C1CCC(C#N)CC1)COCN2C.[HH]. The van der Waals surface area contributed by atoms with Gasteiger partial charge in [-0.05, 0) is 50.3 Å². The minimum atomic E-state index is -0.816. The summed E-state index contributed by atoms with van der Waals surface area (Å²) >= 11 is 0. The van der Waals surface area contributed by atoms with Gasteiger partial charge in [0, 0.05) is 26.1 Å². The standard InChI is InChI=1S/C22H26FN7O2.C2H6.H2/c1-13-7-16(20(25)31)17(23)8-18(13)27-22-26-10-19-21(28-22)30(12-32-11-29(19)2)15-5-3-14(9-24)4-6-15;1-2;/h7-8,10,14-15H,3-6,11-12H2,1-2H3,(H2,25,31)(H,26,27,28);1-2H3;1H. The molecule has 0 spiro atoms. The molecule has 1 amide bonds. The number of aromatic nitrogens is 2. The Hall–Kier alpha value is -3.45. The monoisotopic (exact) mass is 471 g/mol. The summed E-state index contributed by atoms with van der Waals surface area (Å²) in [4.78, 5) is 24.6. The number of carbonyl (C=O) groups is 1. The number of carbonyl (C=O) groups excluding carboxylic acids is 1. The molecule has 0 bridgehead atoms. The van der Waals surface area contributed by atoms with Gasteiger partial charge in [0.2, 0.25) is 5.95 Å². The summed E-state index contributed by atoms with van der Waals surface area (Å²) in [6, 6.07) is 5.21. The van der Waals surface area contributed by atoms with Crippen molar-refractivity contribution in [3.8, 4) is 6.07 Å². The van der Waals surface area contributed by atoms with Gasteiger partial charge < -0.3 is 25.6 Å². The third-order valence-corrected chi connectivity index (χ3v) is 6.09. The van der Waals surface area contributed by atoms with E-state index in [4.69, 9.17) is 15.5 Å². The van der Waals surface area contributed by atoms with Crippen LogP contribution in [-0.4, -0.2) is 42.4 Å². The Morgan fingerprint density at radius 2 is 2.00 bits per heavy atom. The van der Waals surface area contributed by atoms with Crippen LogP contribution in [-0.2, 0) is 4.74 Å². The van der Waals surface area contributed by atoms with E-state index in [1.165, 1.54) is 12.1 Å². The molecule has 10 heteroatoms. The van der Waals surface area contributed by atoms with Crippen LogP contribution in [0.2, 0.25) is 0 Å². The first-order valence-corrected chi connectivity index (χ1v) is 11.6. The number of hydrogen-bond donors (Lipinski definition) is 2. The van der Waals surface area contributed by atoms with E-state index in [0.29, 0.717) is 30.7 Å². The molecule has 34 heavy (non-hydrogen) atoms. The van der Waals surface area contributed by atoms with E-state index in [9.17, 15) is 14.4 Å². The zero-order valence-corrected chi connectivity index (χ0v) is 20.1. The van der Waals surface area contributed by atoms with Crippen molar-refractivity contribution in [2.45, 2.75) is 52.5 Å². The first-order valence-electron chi connectivity index (χ1n) is 11.6. The fourth-order valence-electron chi connectivity index (χ4n) is 4.23. The van der Waals surface area contributed by atoms with Crippen molar-refractivity contribution in [2.75, 3.05) is 35.6 Å². The maximum atomic E-state index is 14.3. The second-order valence-electron chi connectivity index (χ2n) is 8.30. The van der Waals surface area contributed by atoms with Gasteiger partial charge >= 0.3 is 0 Å². The lowest BCUT2D eigenvalue weighted by Crippen LogP contribution is -2.39. The second-order valence-corrected chi connectivity index (χ2v) is 8.30. The second kappa shape index (κ2) is 11.1. The van der Waals surface area contributed by atoms with Gasteiger partial charge in [0.05, 0.1) is 17.8 Å². The number of halogens is 1. The predicted molar refractivity (Wildman–Crippen MR) is 131 cm³/mol. The van der Waals surface area contributed by atoms with Gasteiger partial charge in [0.15, 0.2) is 5.82 Å². The Labute approximate surface area is 201 Å². The van der Waals surface area contributed by atoms with Crippen LogP contribution in [0.3, 0.4) is 0 Å². The first kappa shape index (κ1) is 25.2. The highest BCUT2D eigenvalue weighted by Gasteiger charge is 2.31. The number of aryl methyl sites for hydroxylation is 1. The summed E-state index contributed by atoms with van der Waals surface area (Å²) in [5.74, 6) is -0.378. The number of ether oxygens (including phenoxy) is 1. The lowest BCUT2D eigenvalue weighted by atomic mass is 9.86. The molecule has 2 aliphatic rings. The number of nitrogens with zero attached hydrogens (tertiary/aromatic N) is 5. The molecule has 1 fully saturated rings. The molecule has 0 saturated heterocycles. The van der Waals surface area contributed by atoms with Crippen LogP contribution in [0.25, 0.3) is 0 Å². The number of anilines is 4. The molecular weight excluding hydrogens is 437 g/mol. The van der Waals surface area contributed by atoms with Crippen LogP contribution in [0, 0.1) is 30.0 Å². The molecule has 9 nitrogen and oxygen atoms in total. The first-order chi connectivity index (χ1) is 16.4. The molecule has 184 valence electrons. The smallest absolute Gasteiger partial charge is 0.251 e. The molecule has 1 aromatic heterocycles. The van der Waals surface area contributed by atoms with Crippen LogP contribution in [0.15, 0.2) is 18.3 Å². The van der Waals surface area contributed by atoms with Gasteiger partial charge in [0.25, 0.3) is 5.91 Å². The third kappa shape index (κ3) is 5.37. The van der Waals surface area contributed by atoms with E-state index < -0.39 is 11.7 Å². The molecule has 4 rings (SSSR count). The summed E-state index contributed by atoms with van der Waals surface area (Å²) in [5, 5.41) is 12.3. The number of rotatable bonds is 4. The Balaban J connectivity index is 0.00000140. The van der Waals surface area contributed by atoms with E-state index in [1.54, 1.807) is 13.1 Å². The van der Waals surface area contributed by atoms with Gasteiger partial charge in [-0.1, -0.05) is 13.8 Å². The lowest BCUT2D eigenvalue weighted by molar-refractivity contribution is 0.0996. The Morgan fingerprint density at radius 3 is 2.65 bits per heavy atom. The average molecular weight is 472 g/mol. The third-order valence-electron chi connectivity index (χ3n) is 6.09. The quantitative estimate of drug-likeness (QED) is 0.677. The molecular formula is C24H34FN7O2. The van der Waals surface area contributed by atoms with E-state index in [-0.39, 0.29) is 18.9 Å². The Bertz CT molecular complexity index is 1070. The molecule has 3 N–H and O–H groups in total. The van der Waals surface area contributed by atoms with Crippen molar-refractivity contribution in [1.82, 2.24) is 9.97 Å². The summed E-state index contributed by atoms with van der Waals surface area (Å²) in [7, 11) is 1.91. The van der Waals surface area contributed by atoms with Gasteiger partial charge in [-0.25, -0.2) is 9.37 Å². The minimum Gasteiger partial charge on any atom is -0.366 e. The number of fused-ring (bicyclic) bond motifs is 1. The summed E-state index contributed by atoms with van der Waals surface area (Å²) in [6.07, 6.45) is 5.19. The highest BCUT2D eigenvalue weighted by Crippen LogP contribution is 2.36. The van der Waals surface area contributed by atoms with Crippen molar-refractivity contribution in [2.24, 2.45) is 11.7 Å². The van der Waals surface area contributed by atoms with Crippen molar-refractivity contribution in [3.05, 3.63) is 35.3 Å². The number of nitrogens with one attached hydrogen (secondary N) is 1. The maximum Gasteiger partial charge on any atom is 0.251 e. The summed E-state index contributed by atoms with van der Waals surface area (Å²) in [6.45, 7) is 6.54. The van der Waals surface area contributed by atoms with E-state index >= 15 is 0 Å². The van der Waals surface area contributed by atoms with Crippen LogP contribution in [0.1, 0.15) is 56.9 Å². The normalized spacial score (nSPS) is 19.8. The molecule has 2 aromatic rings. The maximum absolute atomic E-state index is 14.3. The number of amides is 1. The highest BCUT2D eigenvalue weighted by molar-refractivity contribution is 5.94. The Morgan fingerprint density at radius 1 is 1.29 bits per heavy atom. The van der Waals surface area contributed by atoms with E-state index in [0.717, 1.165) is 37.2 Å². The topological polar surface area (TPSA) is 120 Å². The molecule has 0 unspecified atom stereocenters. The van der Waals surface area contributed by atoms with Gasteiger partial charge in [-0.15, -0.1) is 0 Å². The number of nitriles is 1. The lowest BCUT2D eigenvalue weighted by Gasteiger charge is -2.35. The minimum absolute atomic E-state index is 0. The largest absolute Gasteiger partial charge is 0.366 e. The van der Waals surface area contributed by atoms with Gasteiger partial charge in [0.1, 0.15) is 25.0 Å². The zero-order valence-electron chi connectivity index (χ0n) is 20.1. The van der Waals surface area contributed by atoms with Crippen molar-refractivity contribution < 1.29 is 15.3 Å². The van der Waals surface area contributed by atoms with Crippen LogP contribution in [0.4, 0.5) is 27.5 Å². The molecule has 1 aromatic carbocycles. The summed E-state index contributed by atoms with van der Waals surface area (Å²) in [5.41, 5.74) is 7.00. The van der Waals surface area contributed by atoms with E-state index in [2.05, 4.69) is 21.3 Å². The number of nitrogens with two attached hydrogens (primary N) is 1. The van der Waals surface area contributed by atoms with Crippen LogP contribution in [0.5, 0.6) is 0 Å². The van der Waals surface area contributed by atoms with Crippen LogP contribution < -0.4 is 20.9 Å². The van der Waals surface area contributed by atoms with Crippen molar-refractivity contribution in [1.29, 1.82) is 5.26 Å². The Kier molecular flexibility index (Phi) is 8.23.